The van der Waals surface area contributed by atoms with Gasteiger partial charge >= 0.3 is 0 Å². The Morgan fingerprint density at radius 3 is 2.48 bits per heavy atom. The monoisotopic (exact) mass is 298 g/mol. The fourth-order valence-electron chi connectivity index (χ4n) is 2.39. The van der Waals surface area contributed by atoms with Crippen molar-refractivity contribution < 1.29 is 9.53 Å². The van der Waals surface area contributed by atoms with E-state index < -0.39 is 0 Å². The molecule has 0 heterocycles. The van der Waals surface area contributed by atoms with Crippen LogP contribution < -0.4 is 10.6 Å². The highest BCUT2D eigenvalue weighted by molar-refractivity contribution is 5.85. The Bertz CT molecular complexity index is 391. The first-order chi connectivity index (χ1) is 9.68. The van der Waals surface area contributed by atoms with Gasteiger partial charge < -0.3 is 20.3 Å². The van der Waals surface area contributed by atoms with Crippen LogP contribution in [0.1, 0.15) is 34.1 Å². The second kappa shape index (κ2) is 7.11. The Morgan fingerprint density at radius 1 is 1.43 bits per heavy atom. The molecule has 0 spiro atoms. The Balaban J connectivity index is 2.67. The van der Waals surface area contributed by atoms with Gasteiger partial charge in [0.2, 0.25) is 5.91 Å². The van der Waals surface area contributed by atoms with Gasteiger partial charge in [0.05, 0.1) is 6.10 Å². The van der Waals surface area contributed by atoms with Gasteiger partial charge in [-0.15, -0.1) is 0 Å². The summed E-state index contributed by atoms with van der Waals surface area (Å²) in [4.78, 5) is 17.6. The summed E-state index contributed by atoms with van der Waals surface area (Å²) in [6, 6.07) is 0.550. The minimum absolute atomic E-state index is 0.0116. The number of guanidine groups is 1. The van der Waals surface area contributed by atoms with Crippen LogP contribution >= 0.6 is 0 Å². The third-order valence-corrected chi connectivity index (χ3v) is 4.07. The number of nitrogens with zero attached hydrogens (tertiary/aromatic N) is 2. The topological polar surface area (TPSA) is 66.0 Å². The fraction of sp³-hybridized carbons (Fsp3) is 0.867. The molecule has 2 unspecified atom stereocenters. The number of methoxy groups -OCH3 is 1. The van der Waals surface area contributed by atoms with Gasteiger partial charge in [-0.05, 0) is 20.3 Å². The van der Waals surface area contributed by atoms with Crippen molar-refractivity contribution in [2.75, 3.05) is 27.7 Å². The maximum Gasteiger partial charge on any atom is 0.243 e. The molecule has 21 heavy (non-hydrogen) atoms. The normalized spacial score (nSPS) is 24.5. The minimum atomic E-state index is -0.0116. The van der Waals surface area contributed by atoms with Gasteiger partial charge in [-0.25, -0.2) is 4.99 Å². The van der Waals surface area contributed by atoms with Gasteiger partial charge in [0.25, 0.3) is 0 Å². The number of aliphatic imine (C=N–C) groups is 1. The third kappa shape index (κ3) is 4.59. The lowest BCUT2D eigenvalue weighted by Crippen LogP contribution is -2.63. The van der Waals surface area contributed by atoms with E-state index in [-0.39, 0.29) is 30.0 Å². The second-order valence-corrected chi connectivity index (χ2v) is 6.73. The first kappa shape index (κ1) is 17.8. The summed E-state index contributed by atoms with van der Waals surface area (Å²) < 4.78 is 5.46. The first-order valence-corrected chi connectivity index (χ1v) is 7.49. The van der Waals surface area contributed by atoms with Crippen molar-refractivity contribution in [1.82, 2.24) is 15.5 Å². The van der Waals surface area contributed by atoms with Gasteiger partial charge in [-0.1, -0.05) is 13.8 Å². The standard InChI is InChI=1S/C15H30N4O2/c1-10(2)17-14(16-9-13(20)19(5)6)18-11-8-12(21-7)15(11,3)4/h10-12H,8-9H2,1-7H3,(H2,16,17,18). The number of carbonyl (C=O) groups is 1. The lowest BCUT2D eigenvalue weighted by atomic mass is 9.64. The zero-order valence-corrected chi connectivity index (χ0v) is 14.4. The molecule has 1 saturated carbocycles. The fourth-order valence-corrected chi connectivity index (χ4v) is 2.39. The molecule has 122 valence electrons. The van der Waals surface area contributed by atoms with E-state index >= 15 is 0 Å². The lowest BCUT2D eigenvalue weighted by Gasteiger charge is -2.51. The Hall–Kier alpha value is -1.30. The van der Waals surface area contributed by atoms with Crippen LogP contribution in [-0.2, 0) is 9.53 Å². The summed E-state index contributed by atoms with van der Waals surface area (Å²) in [6.07, 6.45) is 1.21. The molecule has 0 aliphatic heterocycles. The zero-order chi connectivity index (χ0) is 16.2. The number of hydrogen-bond donors (Lipinski definition) is 2. The zero-order valence-electron chi connectivity index (χ0n) is 14.4. The van der Waals surface area contributed by atoms with Crippen molar-refractivity contribution >= 4 is 11.9 Å². The number of rotatable bonds is 5. The number of ether oxygens (including phenoxy) is 1. The number of likely N-dealkylation sites (N-methyl/N-ethyl adjacent to an activating group) is 1. The molecule has 0 aromatic carbocycles. The smallest absolute Gasteiger partial charge is 0.243 e. The van der Waals surface area contributed by atoms with Crippen LogP contribution in [0.3, 0.4) is 0 Å². The number of nitrogens with one attached hydrogen (secondary N) is 2. The van der Waals surface area contributed by atoms with Crippen molar-refractivity contribution in [1.29, 1.82) is 0 Å². The highest BCUT2D eigenvalue weighted by atomic mass is 16.5. The molecule has 1 aliphatic carbocycles. The van der Waals surface area contributed by atoms with Crippen LogP contribution in [0, 0.1) is 5.41 Å². The largest absolute Gasteiger partial charge is 0.381 e. The van der Waals surface area contributed by atoms with Crippen molar-refractivity contribution in [3.05, 3.63) is 0 Å². The molecule has 0 bridgehead atoms. The molecule has 2 atom stereocenters. The lowest BCUT2D eigenvalue weighted by molar-refractivity contribution is -0.127. The van der Waals surface area contributed by atoms with Gasteiger partial charge in [0.15, 0.2) is 5.96 Å². The Morgan fingerprint density at radius 2 is 2.05 bits per heavy atom. The third-order valence-electron chi connectivity index (χ3n) is 4.07. The molecule has 1 aliphatic rings. The molecule has 6 heteroatoms. The van der Waals surface area contributed by atoms with Gasteiger partial charge in [0, 0.05) is 38.7 Å². The Kier molecular flexibility index (Phi) is 6.01. The summed E-state index contributed by atoms with van der Waals surface area (Å²) in [5.41, 5.74) is 0.0553. The molecule has 2 N–H and O–H groups in total. The average molecular weight is 298 g/mol. The maximum absolute atomic E-state index is 11.7. The van der Waals surface area contributed by atoms with Crippen LogP contribution in [0.25, 0.3) is 0 Å². The molecule has 1 rings (SSSR count). The summed E-state index contributed by atoms with van der Waals surface area (Å²) >= 11 is 0. The van der Waals surface area contributed by atoms with Crippen LogP contribution in [0.2, 0.25) is 0 Å². The number of amides is 1. The van der Waals surface area contributed by atoms with Gasteiger partial charge in [-0.2, -0.15) is 0 Å². The van der Waals surface area contributed by atoms with Crippen LogP contribution in [0.5, 0.6) is 0 Å². The predicted octanol–water partition coefficient (Wildman–Crippen LogP) is 0.832. The highest BCUT2D eigenvalue weighted by Crippen LogP contribution is 2.42. The number of hydrogen-bond acceptors (Lipinski definition) is 3. The van der Waals surface area contributed by atoms with E-state index in [1.165, 1.54) is 0 Å². The quantitative estimate of drug-likeness (QED) is 0.583. The minimum Gasteiger partial charge on any atom is -0.381 e. The molecular formula is C15H30N4O2. The van der Waals surface area contributed by atoms with Gasteiger partial charge in [-0.3, -0.25) is 4.79 Å². The van der Waals surface area contributed by atoms with E-state index in [4.69, 9.17) is 4.74 Å². The molecule has 0 aromatic rings. The van der Waals surface area contributed by atoms with Gasteiger partial charge in [0.1, 0.15) is 6.54 Å². The molecule has 1 amide bonds. The van der Waals surface area contributed by atoms with E-state index in [9.17, 15) is 4.79 Å². The molecule has 0 saturated heterocycles. The highest BCUT2D eigenvalue weighted by Gasteiger charge is 2.48. The first-order valence-electron chi connectivity index (χ1n) is 7.49. The summed E-state index contributed by atoms with van der Waals surface area (Å²) in [5.74, 6) is 0.676. The van der Waals surface area contributed by atoms with E-state index in [0.717, 1.165) is 6.42 Å². The van der Waals surface area contributed by atoms with E-state index in [1.807, 2.05) is 0 Å². The van der Waals surface area contributed by atoms with E-state index in [1.54, 1.807) is 26.1 Å². The predicted molar refractivity (Wildman–Crippen MR) is 85.4 cm³/mol. The molecule has 0 aromatic heterocycles. The second-order valence-electron chi connectivity index (χ2n) is 6.73. The summed E-state index contributed by atoms with van der Waals surface area (Å²) in [5, 5.41) is 6.69. The Labute approximate surface area is 128 Å². The molecule has 6 nitrogen and oxygen atoms in total. The van der Waals surface area contributed by atoms with Crippen molar-refractivity contribution in [2.24, 2.45) is 10.4 Å². The molecule has 0 radical (unpaired) electrons. The SMILES string of the molecule is COC1CC(NC(=NCC(=O)N(C)C)NC(C)C)C1(C)C. The maximum atomic E-state index is 11.7. The summed E-state index contributed by atoms with van der Waals surface area (Å²) in [7, 11) is 5.22. The number of carbonyl (C=O) groups excluding carboxylic acids is 1. The van der Waals surface area contributed by atoms with E-state index in [2.05, 4.69) is 43.3 Å². The van der Waals surface area contributed by atoms with Crippen molar-refractivity contribution in [3.8, 4) is 0 Å². The summed E-state index contributed by atoms with van der Waals surface area (Å²) in [6.45, 7) is 8.61. The molecule has 1 fully saturated rings. The van der Waals surface area contributed by atoms with Crippen molar-refractivity contribution in [2.45, 2.75) is 52.3 Å². The van der Waals surface area contributed by atoms with E-state index in [0.29, 0.717) is 12.0 Å². The molecular weight excluding hydrogens is 268 g/mol. The average Bonchev–Trinajstić information content (AvgIpc) is 2.38. The van der Waals surface area contributed by atoms with Crippen LogP contribution in [-0.4, -0.2) is 62.7 Å². The van der Waals surface area contributed by atoms with Crippen molar-refractivity contribution in [3.63, 3.8) is 0 Å². The van der Waals surface area contributed by atoms with Crippen LogP contribution in [0.15, 0.2) is 4.99 Å². The van der Waals surface area contributed by atoms with Crippen LogP contribution in [0.4, 0.5) is 0 Å².